The number of aliphatic hydroxyl groups is 5. The lowest BCUT2D eigenvalue weighted by atomic mass is 9.99. The van der Waals surface area contributed by atoms with Crippen LogP contribution in [0.5, 0.6) is 0 Å². The molecule has 84 heavy (non-hydrogen) atoms. The summed E-state index contributed by atoms with van der Waals surface area (Å²) in [5.41, 5.74) is 0. The average molecular weight is 1190 g/mol. The summed E-state index contributed by atoms with van der Waals surface area (Å²) >= 11 is 0. The molecule has 1 aliphatic rings. The van der Waals surface area contributed by atoms with Gasteiger partial charge in [0, 0.05) is 12.8 Å². The van der Waals surface area contributed by atoms with Crippen LogP contribution >= 0.6 is 0 Å². The molecule has 0 aromatic heterocycles. The fourth-order valence-corrected chi connectivity index (χ4v) is 11.5. The Morgan fingerprint density at radius 3 is 1.25 bits per heavy atom. The molecule has 11 heteroatoms. The Morgan fingerprint density at radius 1 is 0.440 bits per heavy atom. The van der Waals surface area contributed by atoms with Crippen molar-refractivity contribution >= 4 is 11.9 Å². The predicted molar refractivity (Wildman–Crippen MR) is 352 cm³/mol. The SMILES string of the molecule is CCC/C=C\C/C=C\CCCCCCCC(=O)OCCCCCCCCCCCCCCCCCCCCCCCCCCCCCCCCCCCC(=O)NC(COC1OC(CO)C(O)C(O)C1O)C(O)/C=C/CCCCCCCCCC. The predicted octanol–water partition coefficient (Wildman–Crippen LogP) is 18.6. The fourth-order valence-electron chi connectivity index (χ4n) is 11.5. The molecule has 6 N–H and O–H groups in total. The van der Waals surface area contributed by atoms with Crippen LogP contribution in [-0.2, 0) is 23.8 Å². The molecule has 1 saturated heterocycles. The Hall–Kier alpha value is -2.12. The van der Waals surface area contributed by atoms with Crippen LogP contribution in [0.3, 0.4) is 0 Å². The van der Waals surface area contributed by atoms with Crippen LogP contribution in [0.4, 0.5) is 0 Å². The first kappa shape index (κ1) is 79.9. The number of allylic oxidation sites excluding steroid dienone is 5. The number of hydrogen-bond donors (Lipinski definition) is 6. The van der Waals surface area contributed by atoms with Gasteiger partial charge >= 0.3 is 5.97 Å². The van der Waals surface area contributed by atoms with E-state index in [1.54, 1.807) is 6.08 Å². The van der Waals surface area contributed by atoms with Crippen molar-refractivity contribution in [3.63, 3.8) is 0 Å². The van der Waals surface area contributed by atoms with Crippen LogP contribution in [-0.4, -0.2) is 100 Å². The fraction of sp³-hybridized carbons (Fsp3) is 0.890. The van der Waals surface area contributed by atoms with Gasteiger partial charge in [0.2, 0.25) is 5.91 Å². The number of ether oxygens (including phenoxy) is 3. The standard InChI is InChI=1S/C73H137NO10/c1-3-5-7-9-11-13-15-37-41-45-49-53-57-61-69(78)82-62-58-54-50-46-42-39-36-34-32-30-28-26-24-22-20-18-16-17-19-21-23-25-27-29-31-33-35-38-40-44-48-52-56-60-68(77)74-65(64-83-73-72(81)71(80)70(79)67(63-75)84-73)66(76)59-55-51-47-43-14-12-10-8-6-4-2/h7,9,13,15,55,59,65-67,70-73,75-76,79-81H,3-6,8,10-12,14,16-54,56-58,60-64H2,1-2H3,(H,74,77)/b9-7-,15-13-,59-55+. The van der Waals surface area contributed by atoms with Gasteiger partial charge < -0.3 is 45.1 Å². The maximum absolute atomic E-state index is 13.0. The third-order valence-electron chi connectivity index (χ3n) is 17.2. The summed E-state index contributed by atoms with van der Waals surface area (Å²) in [6.45, 7) is 4.29. The highest BCUT2D eigenvalue weighted by molar-refractivity contribution is 5.76. The number of carbonyl (C=O) groups is 2. The highest BCUT2D eigenvalue weighted by Gasteiger charge is 2.44. The summed E-state index contributed by atoms with van der Waals surface area (Å²) < 4.78 is 16.7. The Kier molecular flexibility index (Phi) is 59.4. The summed E-state index contributed by atoms with van der Waals surface area (Å²) in [5, 5.41) is 54.4. The van der Waals surface area contributed by atoms with Crippen LogP contribution in [0.15, 0.2) is 36.5 Å². The van der Waals surface area contributed by atoms with Crippen molar-refractivity contribution in [3.05, 3.63) is 36.5 Å². The molecule has 0 saturated carbocycles. The summed E-state index contributed by atoms with van der Waals surface area (Å²) in [4.78, 5) is 25.1. The van der Waals surface area contributed by atoms with Crippen molar-refractivity contribution in [1.82, 2.24) is 5.32 Å². The van der Waals surface area contributed by atoms with Crippen LogP contribution in [0, 0.1) is 0 Å². The second-order valence-corrected chi connectivity index (χ2v) is 25.3. The molecule has 1 aliphatic heterocycles. The smallest absolute Gasteiger partial charge is 0.305 e. The van der Waals surface area contributed by atoms with Crippen LogP contribution in [0.1, 0.15) is 354 Å². The molecular weight excluding hydrogens is 1050 g/mol. The first-order valence-electron chi connectivity index (χ1n) is 36.3. The van der Waals surface area contributed by atoms with Crippen molar-refractivity contribution in [1.29, 1.82) is 0 Å². The highest BCUT2D eigenvalue weighted by Crippen LogP contribution is 2.23. The van der Waals surface area contributed by atoms with Gasteiger partial charge in [-0.15, -0.1) is 0 Å². The van der Waals surface area contributed by atoms with E-state index < -0.39 is 49.5 Å². The molecule has 7 atom stereocenters. The van der Waals surface area contributed by atoms with E-state index in [1.165, 1.54) is 263 Å². The topological polar surface area (TPSA) is 175 Å². The number of aliphatic hydroxyl groups excluding tert-OH is 5. The number of rotatable bonds is 64. The minimum absolute atomic E-state index is 0.000803. The van der Waals surface area contributed by atoms with Gasteiger partial charge in [-0.2, -0.15) is 0 Å². The second-order valence-electron chi connectivity index (χ2n) is 25.3. The van der Waals surface area contributed by atoms with E-state index in [0.29, 0.717) is 19.4 Å². The van der Waals surface area contributed by atoms with Gasteiger partial charge in [-0.1, -0.05) is 320 Å². The Morgan fingerprint density at radius 2 is 0.821 bits per heavy atom. The summed E-state index contributed by atoms with van der Waals surface area (Å²) in [6.07, 6.45) is 70.2. The van der Waals surface area contributed by atoms with Gasteiger partial charge in [0.25, 0.3) is 0 Å². The monoisotopic (exact) mass is 1190 g/mol. The number of esters is 1. The van der Waals surface area contributed by atoms with Crippen LogP contribution in [0.2, 0.25) is 0 Å². The molecule has 0 aromatic rings. The Bertz CT molecular complexity index is 1490. The maximum atomic E-state index is 13.0. The number of carbonyl (C=O) groups excluding carboxylic acids is 2. The normalized spacial score (nSPS) is 18.2. The summed E-state index contributed by atoms with van der Waals surface area (Å²) in [5.74, 6) is -0.178. The second kappa shape index (κ2) is 62.5. The molecule has 0 aromatic carbocycles. The maximum Gasteiger partial charge on any atom is 0.305 e. The number of amides is 1. The average Bonchev–Trinajstić information content (AvgIpc) is 3.42. The molecule has 0 bridgehead atoms. The van der Waals surface area contributed by atoms with Gasteiger partial charge in [0.05, 0.1) is 32.0 Å². The van der Waals surface area contributed by atoms with E-state index >= 15 is 0 Å². The minimum Gasteiger partial charge on any atom is -0.466 e. The first-order valence-corrected chi connectivity index (χ1v) is 36.3. The van der Waals surface area contributed by atoms with Gasteiger partial charge in [0.1, 0.15) is 24.4 Å². The zero-order valence-corrected chi connectivity index (χ0v) is 54.9. The van der Waals surface area contributed by atoms with E-state index in [9.17, 15) is 35.1 Å². The Labute approximate surface area is 517 Å². The molecule has 1 amide bonds. The summed E-state index contributed by atoms with van der Waals surface area (Å²) in [7, 11) is 0. The lowest BCUT2D eigenvalue weighted by molar-refractivity contribution is -0.302. The van der Waals surface area contributed by atoms with Gasteiger partial charge in [-0.25, -0.2) is 0 Å². The molecule has 11 nitrogen and oxygen atoms in total. The number of nitrogens with one attached hydrogen (secondary N) is 1. The van der Waals surface area contributed by atoms with Crippen molar-refractivity contribution in [2.24, 2.45) is 0 Å². The molecule has 1 fully saturated rings. The van der Waals surface area contributed by atoms with Gasteiger partial charge in [-0.3, -0.25) is 9.59 Å². The van der Waals surface area contributed by atoms with Crippen molar-refractivity contribution in [3.8, 4) is 0 Å². The molecule has 494 valence electrons. The summed E-state index contributed by atoms with van der Waals surface area (Å²) in [6, 6.07) is -0.805. The lowest BCUT2D eigenvalue weighted by Gasteiger charge is -2.40. The zero-order chi connectivity index (χ0) is 60.9. The van der Waals surface area contributed by atoms with Crippen molar-refractivity contribution in [2.75, 3.05) is 19.8 Å². The molecule has 7 unspecified atom stereocenters. The van der Waals surface area contributed by atoms with E-state index in [1.807, 2.05) is 6.08 Å². The molecule has 0 aliphatic carbocycles. The van der Waals surface area contributed by atoms with Crippen molar-refractivity contribution < 1.29 is 49.3 Å². The molecular formula is C73H137NO10. The van der Waals surface area contributed by atoms with E-state index in [4.69, 9.17) is 14.2 Å². The largest absolute Gasteiger partial charge is 0.466 e. The minimum atomic E-state index is -1.57. The van der Waals surface area contributed by atoms with E-state index in [2.05, 4.69) is 43.5 Å². The van der Waals surface area contributed by atoms with Crippen LogP contribution in [0.25, 0.3) is 0 Å². The van der Waals surface area contributed by atoms with Gasteiger partial charge in [-0.05, 0) is 57.8 Å². The van der Waals surface area contributed by atoms with E-state index in [-0.39, 0.29) is 18.5 Å². The number of unbranched alkanes of at least 4 members (excludes halogenated alkanes) is 46. The molecule has 0 radical (unpaired) electrons. The zero-order valence-electron chi connectivity index (χ0n) is 54.9. The molecule has 1 rings (SSSR count). The quantitative estimate of drug-likeness (QED) is 0.0195. The molecule has 0 spiro atoms. The third kappa shape index (κ3) is 50.8. The highest BCUT2D eigenvalue weighted by atomic mass is 16.7. The van der Waals surface area contributed by atoms with Crippen LogP contribution < -0.4 is 5.32 Å². The molecule has 1 heterocycles. The first-order chi connectivity index (χ1) is 41.2. The number of hydrogen-bond acceptors (Lipinski definition) is 10. The van der Waals surface area contributed by atoms with Gasteiger partial charge in [0.15, 0.2) is 6.29 Å². The lowest BCUT2D eigenvalue weighted by Crippen LogP contribution is -2.60. The van der Waals surface area contributed by atoms with E-state index in [0.717, 1.165) is 64.2 Å². The Balaban J connectivity index is 1.89. The third-order valence-corrected chi connectivity index (χ3v) is 17.2. The van der Waals surface area contributed by atoms with Crippen molar-refractivity contribution in [2.45, 2.75) is 397 Å².